The van der Waals surface area contributed by atoms with E-state index in [1.165, 1.54) is 25.7 Å². The van der Waals surface area contributed by atoms with Crippen LogP contribution in [0, 0.1) is 0 Å². The SMILES string of the molecule is CCCCCCC[Si](OC)(OCC)OCC. The van der Waals surface area contributed by atoms with Gasteiger partial charge in [-0.3, -0.25) is 0 Å². The molecular weight excluding hydrogens is 220 g/mol. The van der Waals surface area contributed by atoms with E-state index in [0.717, 1.165) is 12.5 Å². The average molecular weight is 248 g/mol. The maximum Gasteiger partial charge on any atom is 0.500 e. The van der Waals surface area contributed by atoms with Crippen LogP contribution in [0.15, 0.2) is 0 Å². The van der Waals surface area contributed by atoms with E-state index in [1.807, 2.05) is 13.8 Å². The number of rotatable bonds is 11. The molecule has 0 aliphatic rings. The minimum Gasteiger partial charge on any atom is -0.377 e. The highest BCUT2D eigenvalue weighted by atomic mass is 28.4. The Morgan fingerprint density at radius 2 is 1.38 bits per heavy atom. The lowest BCUT2D eigenvalue weighted by molar-refractivity contribution is 0.0859. The van der Waals surface area contributed by atoms with Crippen LogP contribution >= 0.6 is 0 Å². The molecule has 0 spiro atoms. The summed E-state index contributed by atoms with van der Waals surface area (Å²) in [5, 5.41) is 0. The highest BCUT2D eigenvalue weighted by Gasteiger charge is 2.38. The minimum atomic E-state index is -2.33. The van der Waals surface area contributed by atoms with Crippen LogP contribution in [0.4, 0.5) is 0 Å². The zero-order valence-electron chi connectivity index (χ0n) is 11.4. The Morgan fingerprint density at radius 1 is 0.812 bits per heavy atom. The molecule has 0 aromatic carbocycles. The summed E-state index contributed by atoms with van der Waals surface area (Å²) in [4.78, 5) is 0. The fourth-order valence-electron chi connectivity index (χ4n) is 1.79. The van der Waals surface area contributed by atoms with E-state index in [0.29, 0.717) is 13.2 Å². The van der Waals surface area contributed by atoms with Gasteiger partial charge >= 0.3 is 8.80 Å². The van der Waals surface area contributed by atoms with E-state index in [9.17, 15) is 0 Å². The van der Waals surface area contributed by atoms with Crippen molar-refractivity contribution in [2.24, 2.45) is 0 Å². The van der Waals surface area contributed by atoms with Gasteiger partial charge < -0.3 is 13.3 Å². The van der Waals surface area contributed by atoms with Crippen molar-refractivity contribution >= 4 is 8.80 Å². The average Bonchev–Trinajstić information content (AvgIpc) is 2.29. The van der Waals surface area contributed by atoms with E-state index in [-0.39, 0.29) is 0 Å². The maximum absolute atomic E-state index is 5.72. The lowest BCUT2D eigenvalue weighted by Gasteiger charge is -2.27. The second-order valence-electron chi connectivity index (χ2n) is 3.92. The van der Waals surface area contributed by atoms with Gasteiger partial charge in [0, 0.05) is 26.4 Å². The topological polar surface area (TPSA) is 27.7 Å². The molecule has 98 valence electrons. The van der Waals surface area contributed by atoms with Gasteiger partial charge in [0.25, 0.3) is 0 Å². The van der Waals surface area contributed by atoms with Crippen molar-refractivity contribution in [1.29, 1.82) is 0 Å². The van der Waals surface area contributed by atoms with Gasteiger partial charge in [-0.1, -0.05) is 32.6 Å². The molecule has 0 saturated heterocycles. The second kappa shape index (κ2) is 10.3. The van der Waals surface area contributed by atoms with Gasteiger partial charge in [0.05, 0.1) is 0 Å². The van der Waals surface area contributed by atoms with Gasteiger partial charge in [0.1, 0.15) is 0 Å². The summed E-state index contributed by atoms with van der Waals surface area (Å²) in [6.45, 7) is 7.58. The predicted octanol–water partition coefficient (Wildman–Crippen LogP) is 3.62. The number of unbranched alkanes of at least 4 members (excludes halogenated alkanes) is 4. The van der Waals surface area contributed by atoms with E-state index in [4.69, 9.17) is 13.3 Å². The molecule has 0 aromatic rings. The molecule has 0 bridgehead atoms. The molecule has 0 aromatic heterocycles. The third kappa shape index (κ3) is 6.63. The van der Waals surface area contributed by atoms with Crippen molar-refractivity contribution in [2.45, 2.75) is 58.9 Å². The Kier molecular flexibility index (Phi) is 10.3. The Hall–Kier alpha value is 0.0969. The lowest BCUT2D eigenvalue weighted by atomic mass is 10.2. The van der Waals surface area contributed by atoms with E-state index >= 15 is 0 Å². The molecule has 0 heterocycles. The monoisotopic (exact) mass is 248 g/mol. The van der Waals surface area contributed by atoms with Crippen LogP contribution in [0.25, 0.3) is 0 Å². The first kappa shape index (κ1) is 16.1. The molecule has 0 fully saturated rings. The molecule has 0 saturated carbocycles. The van der Waals surface area contributed by atoms with Crippen LogP contribution in [0.1, 0.15) is 52.9 Å². The van der Waals surface area contributed by atoms with Crippen LogP contribution < -0.4 is 0 Å². The normalized spacial score (nSPS) is 12.0. The molecule has 4 heteroatoms. The quantitative estimate of drug-likeness (QED) is 0.413. The van der Waals surface area contributed by atoms with E-state index < -0.39 is 8.80 Å². The summed E-state index contributed by atoms with van der Waals surface area (Å²) >= 11 is 0. The zero-order chi connectivity index (χ0) is 12.3. The molecule has 16 heavy (non-hydrogen) atoms. The summed E-state index contributed by atoms with van der Waals surface area (Å²) in [5.41, 5.74) is 0. The third-order valence-corrected chi connectivity index (χ3v) is 5.67. The van der Waals surface area contributed by atoms with Crippen LogP contribution in [-0.2, 0) is 13.3 Å². The van der Waals surface area contributed by atoms with Crippen LogP contribution in [0.2, 0.25) is 6.04 Å². The minimum absolute atomic E-state index is 0.676. The highest BCUT2D eigenvalue weighted by Crippen LogP contribution is 2.19. The summed E-state index contributed by atoms with van der Waals surface area (Å²) in [5.74, 6) is 0. The van der Waals surface area contributed by atoms with Gasteiger partial charge in [-0.25, -0.2) is 0 Å². The smallest absolute Gasteiger partial charge is 0.377 e. The first-order valence-corrected chi connectivity index (χ1v) is 8.50. The molecule has 3 nitrogen and oxygen atoms in total. The van der Waals surface area contributed by atoms with Crippen LogP contribution in [0.5, 0.6) is 0 Å². The Bertz CT molecular complexity index is 147. The number of hydrogen-bond donors (Lipinski definition) is 0. The van der Waals surface area contributed by atoms with E-state index in [1.54, 1.807) is 7.11 Å². The lowest BCUT2D eigenvalue weighted by Crippen LogP contribution is -2.44. The summed E-state index contributed by atoms with van der Waals surface area (Å²) in [6, 6.07) is 0.953. The molecule has 0 atom stereocenters. The summed E-state index contributed by atoms with van der Waals surface area (Å²) in [7, 11) is -0.618. The molecule has 0 radical (unpaired) electrons. The van der Waals surface area contributed by atoms with Crippen molar-refractivity contribution in [3.63, 3.8) is 0 Å². The predicted molar refractivity (Wildman–Crippen MR) is 69.6 cm³/mol. The van der Waals surface area contributed by atoms with Crippen LogP contribution in [-0.4, -0.2) is 29.1 Å². The molecule has 0 rings (SSSR count). The zero-order valence-corrected chi connectivity index (χ0v) is 12.4. The molecular formula is C12H28O3Si. The fourth-order valence-corrected chi connectivity index (χ4v) is 4.17. The van der Waals surface area contributed by atoms with Crippen molar-refractivity contribution in [3.8, 4) is 0 Å². The Balaban J connectivity index is 3.89. The molecule has 0 aliphatic heterocycles. The fraction of sp³-hybridized carbons (Fsp3) is 1.00. The van der Waals surface area contributed by atoms with Crippen molar-refractivity contribution in [2.75, 3.05) is 20.3 Å². The van der Waals surface area contributed by atoms with Crippen molar-refractivity contribution in [1.82, 2.24) is 0 Å². The summed E-state index contributed by atoms with van der Waals surface area (Å²) in [6.07, 6.45) is 6.32. The van der Waals surface area contributed by atoms with Crippen molar-refractivity contribution < 1.29 is 13.3 Å². The highest BCUT2D eigenvalue weighted by molar-refractivity contribution is 6.60. The second-order valence-corrected chi connectivity index (χ2v) is 6.77. The Labute approximate surface area is 102 Å². The first-order chi connectivity index (χ1) is 7.74. The first-order valence-electron chi connectivity index (χ1n) is 6.57. The van der Waals surface area contributed by atoms with Gasteiger partial charge in [0.2, 0.25) is 0 Å². The van der Waals surface area contributed by atoms with Gasteiger partial charge in [0.15, 0.2) is 0 Å². The molecule has 0 amide bonds. The van der Waals surface area contributed by atoms with Gasteiger partial charge in [-0.2, -0.15) is 0 Å². The van der Waals surface area contributed by atoms with Crippen LogP contribution in [0.3, 0.4) is 0 Å². The summed E-state index contributed by atoms with van der Waals surface area (Å²) < 4.78 is 17.0. The van der Waals surface area contributed by atoms with Gasteiger partial charge in [-0.05, 0) is 20.3 Å². The standard InChI is InChI=1S/C12H28O3Si/c1-5-8-9-10-11-12-16(13-4,14-6-2)15-7-3/h5-12H2,1-4H3. The number of hydrogen-bond acceptors (Lipinski definition) is 3. The van der Waals surface area contributed by atoms with Crippen molar-refractivity contribution in [3.05, 3.63) is 0 Å². The van der Waals surface area contributed by atoms with E-state index in [2.05, 4.69) is 6.92 Å². The maximum atomic E-state index is 5.72. The molecule has 0 aliphatic carbocycles. The Morgan fingerprint density at radius 3 is 1.81 bits per heavy atom. The largest absolute Gasteiger partial charge is 0.500 e. The van der Waals surface area contributed by atoms with Gasteiger partial charge in [-0.15, -0.1) is 0 Å². The molecule has 0 unspecified atom stereocenters. The molecule has 0 N–H and O–H groups in total. The third-order valence-electron chi connectivity index (χ3n) is 2.63.